The number of benzene rings is 1. The summed E-state index contributed by atoms with van der Waals surface area (Å²) in [7, 11) is 3.36. The highest BCUT2D eigenvalue weighted by atomic mass is 32.2. The number of nitrogens with zero attached hydrogens (tertiary/aromatic N) is 1. The van der Waals surface area contributed by atoms with Gasteiger partial charge in [0.25, 0.3) is 0 Å². The fourth-order valence-electron chi connectivity index (χ4n) is 2.20. The van der Waals surface area contributed by atoms with Crippen molar-refractivity contribution in [2.75, 3.05) is 60.1 Å². The third-order valence-electron chi connectivity index (χ3n) is 3.55. The highest BCUT2D eigenvalue weighted by Crippen LogP contribution is 2.38. The van der Waals surface area contributed by atoms with Crippen LogP contribution in [0.3, 0.4) is 0 Å². The van der Waals surface area contributed by atoms with Gasteiger partial charge >= 0.3 is 0 Å². The number of hydrogen-bond acceptors (Lipinski definition) is 7. The molecule has 0 aliphatic heterocycles. The zero-order valence-electron chi connectivity index (χ0n) is 16.5. The zero-order chi connectivity index (χ0) is 20.3. The van der Waals surface area contributed by atoms with Crippen molar-refractivity contribution in [1.82, 2.24) is 10.6 Å². The van der Waals surface area contributed by atoms with E-state index in [1.54, 1.807) is 28.4 Å². The molecule has 1 rings (SSSR count). The summed E-state index contributed by atoms with van der Waals surface area (Å²) in [6.07, 6.45) is 1.18. The van der Waals surface area contributed by atoms with E-state index in [1.165, 1.54) is 6.26 Å². The molecule has 0 amide bonds. The van der Waals surface area contributed by atoms with Crippen molar-refractivity contribution in [1.29, 1.82) is 0 Å². The predicted octanol–water partition coefficient (Wildman–Crippen LogP) is 0.439. The van der Waals surface area contributed by atoms with Crippen molar-refractivity contribution >= 4 is 15.8 Å². The van der Waals surface area contributed by atoms with Gasteiger partial charge in [-0.2, -0.15) is 0 Å². The Kier molecular flexibility index (Phi) is 9.73. The van der Waals surface area contributed by atoms with E-state index in [0.29, 0.717) is 42.9 Å². The van der Waals surface area contributed by atoms with Gasteiger partial charge in [-0.15, -0.1) is 0 Å². The molecule has 0 aromatic heterocycles. The third kappa shape index (κ3) is 8.35. The van der Waals surface area contributed by atoms with Crippen LogP contribution in [0.15, 0.2) is 17.1 Å². The molecule has 0 unspecified atom stereocenters. The molecule has 1 aromatic rings. The van der Waals surface area contributed by atoms with Crippen molar-refractivity contribution in [2.24, 2.45) is 4.99 Å². The molecule has 0 aliphatic rings. The Morgan fingerprint density at radius 1 is 1.04 bits per heavy atom. The average molecular weight is 404 g/mol. The molecule has 0 radical (unpaired) electrons. The van der Waals surface area contributed by atoms with Crippen LogP contribution in [-0.4, -0.2) is 74.5 Å². The molecule has 0 saturated heterocycles. The van der Waals surface area contributed by atoms with Crippen molar-refractivity contribution < 1.29 is 27.4 Å². The molecule has 9 nitrogen and oxygen atoms in total. The van der Waals surface area contributed by atoms with Gasteiger partial charge in [0.05, 0.1) is 40.3 Å². The quantitative estimate of drug-likeness (QED) is 0.311. The van der Waals surface area contributed by atoms with Crippen LogP contribution in [0.25, 0.3) is 0 Å². The van der Waals surface area contributed by atoms with E-state index in [9.17, 15) is 8.42 Å². The number of guanidine groups is 1. The summed E-state index contributed by atoms with van der Waals surface area (Å²) >= 11 is 0. The molecule has 2 N–H and O–H groups in total. The number of methoxy groups -OCH3 is 3. The lowest BCUT2D eigenvalue weighted by atomic mass is 10.2. The maximum absolute atomic E-state index is 11.0. The second-order valence-corrected chi connectivity index (χ2v) is 7.89. The van der Waals surface area contributed by atoms with E-state index in [2.05, 4.69) is 15.6 Å². The Hall–Kier alpha value is -2.20. The molecule has 0 bridgehead atoms. The first kappa shape index (κ1) is 22.8. The number of nitrogens with one attached hydrogen (secondary N) is 2. The molecule has 0 atom stereocenters. The first-order chi connectivity index (χ1) is 12.8. The lowest BCUT2D eigenvalue weighted by molar-refractivity contribution is 0.154. The zero-order valence-corrected chi connectivity index (χ0v) is 17.3. The second-order valence-electron chi connectivity index (χ2n) is 5.63. The van der Waals surface area contributed by atoms with Gasteiger partial charge in [-0.05, 0) is 17.7 Å². The summed E-state index contributed by atoms with van der Waals surface area (Å²) in [5.41, 5.74) is 0.928. The van der Waals surface area contributed by atoms with Crippen LogP contribution in [0.2, 0.25) is 0 Å². The third-order valence-corrected chi connectivity index (χ3v) is 4.45. The Morgan fingerprint density at radius 2 is 1.67 bits per heavy atom. The lowest BCUT2D eigenvalue weighted by Gasteiger charge is -2.16. The SMILES string of the molecule is CN=C(NCCOCCS(C)(=O)=O)NCc1cc(OC)c(OC)c(OC)c1. The van der Waals surface area contributed by atoms with Gasteiger partial charge in [0.15, 0.2) is 17.5 Å². The topological polar surface area (TPSA) is 107 Å². The van der Waals surface area contributed by atoms with Gasteiger partial charge in [-0.3, -0.25) is 4.99 Å². The summed E-state index contributed by atoms with van der Waals surface area (Å²) in [5.74, 6) is 2.31. The summed E-state index contributed by atoms with van der Waals surface area (Å²) in [6, 6.07) is 3.71. The Morgan fingerprint density at radius 3 is 2.15 bits per heavy atom. The first-order valence-electron chi connectivity index (χ1n) is 8.33. The average Bonchev–Trinajstić information content (AvgIpc) is 2.64. The van der Waals surface area contributed by atoms with Gasteiger partial charge in [0.1, 0.15) is 9.84 Å². The largest absolute Gasteiger partial charge is 0.493 e. The van der Waals surface area contributed by atoms with Crippen LogP contribution in [0, 0.1) is 0 Å². The fourth-order valence-corrected chi connectivity index (χ4v) is 2.62. The minimum atomic E-state index is -3.00. The summed E-state index contributed by atoms with van der Waals surface area (Å²) in [5, 5.41) is 6.27. The van der Waals surface area contributed by atoms with Crippen LogP contribution >= 0.6 is 0 Å². The molecule has 0 aliphatic carbocycles. The monoisotopic (exact) mass is 403 g/mol. The number of rotatable bonds is 11. The first-order valence-corrected chi connectivity index (χ1v) is 10.4. The predicted molar refractivity (Wildman–Crippen MR) is 105 cm³/mol. The normalized spacial score (nSPS) is 11.8. The minimum Gasteiger partial charge on any atom is -0.493 e. The molecule has 0 fully saturated rings. The van der Waals surface area contributed by atoms with Crippen LogP contribution in [-0.2, 0) is 21.1 Å². The van der Waals surface area contributed by atoms with Crippen LogP contribution in [0.1, 0.15) is 5.56 Å². The molecule has 10 heteroatoms. The number of hydrogen-bond donors (Lipinski definition) is 2. The number of sulfone groups is 1. The van der Waals surface area contributed by atoms with Gasteiger partial charge in [-0.25, -0.2) is 8.42 Å². The van der Waals surface area contributed by atoms with E-state index in [-0.39, 0.29) is 12.4 Å². The smallest absolute Gasteiger partial charge is 0.203 e. The molecular weight excluding hydrogens is 374 g/mol. The molecule has 154 valence electrons. The molecule has 0 heterocycles. The molecular formula is C17H29N3O6S. The fraction of sp³-hybridized carbons (Fsp3) is 0.588. The van der Waals surface area contributed by atoms with Crippen molar-refractivity contribution in [3.8, 4) is 17.2 Å². The summed E-state index contributed by atoms with van der Waals surface area (Å²) < 4.78 is 43.3. The van der Waals surface area contributed by atoms with Crippen molar-refractivity contribution in [3.63, 3.8) is 0 Å². The Balaban J connectivity index is 2.51. The van der Waals surface area contributed by atoms with Crippen molar-refractivity contribution in [2.45, 2.75) is 6.54 Å². The number of ether oxygens (including phenoxy) is 4. The highest BCUT2D eigenvalue weighted by molar-refractivity contribution is 7.90. The molecule has 0 spiro atoms. The standard InChI is InChI=1S/C17H29N3O6S/c1-18-17(19-6-7-26-8-9-27(5,21)22)20-12-13-10-14(23-2)16(25-4)15(11-13)24-3/h10-11H,6-9,12H2,1-5H3,(H2,18,19,20). The van der Waals surface area contributed by atoms with E-state index in [4.69, 9.17) is 18.9 Å². The van der Waals surface area contributed by atoms with Gasteiger partial charge in [0, 0.05) is 26.4 Å². The van der Waals surface area contributed by atoms with Crippen LogP contribution < -0.4 is 24.8 Å². The van der Waals surface area contributed by atoms with Gasteiger partial charge in [0.2, 0.25) is 5.75 Å². The van der Waals surface area contributed by atoms with Gasteiger partial charge < -0.3 is 29.6 Å². The summed E-state index contributed by atoms with van der Waals surface area (Å²) in [4.78, 5) is 4.13. The highest BCUT2D eigenvalue weighted by Gasteiger charge is 2.13. The molecule has 0 saturated carbocycles. The van der Waals surface area contributed by atoms with E-state index >= 15 is 0 Å². The van der Waals surface area contributed by atoms with Crippen molar-refractivity contribution in [3.05, 3.63) is 17.7 Å². The van der Waals surface area contributed by atoms with Crippen LogP contribution in [0.4, 0.5) is 0 Å². The maximum Gasteiger partial charge on any atom is 0.203 e. The Bertz CT molecular complexity index is 696. The Labute approximate surface area is 161 Å². The molecule has 1 aromatic carbocycles. The van der Waals surface area contributed by atoms with E-state index in [0.717, 1.165) is 5.56 Å². The van der Waals surface area contributed by atoms with E-state index < -0.39 is 9.84 Å². The maximum atomic E-state index is 11.0. The second kappa shape index (κ2) is 11.5. The summed E-state index contributed by atoms with van der Waals surface area (Å²) in [6.45, 7) is 1.54. The van der Waals surface area contributed by atoms with Gasteiger partial charge in [-0.1, -0.05) is 0 Å². The minimum absolute atomic E-state index is 0.0150. The lowest BCUT2D eigenvalue weighted by Crippen LogP contribution is -2.38. The van der Waals surface area contributed by atoms with E-state index in [1.807, 2.05) is 12.1 Å². The number of aliphatic imine (C=N–C) groups is 1. The molecule has 27 heavy (non-hydrogen) atoms. The van der Waals surface area contributed by atoms with Crippen LogP contribution in [0.5, 0.6) is 17.2 Å².